The molecule has 0 spiro atoms. The molecule has 390 valence electrons. The van der Waals surface area contributed by atoms with Gasteiger partial charge in [-0.3, -0.25) is 28.8 Å². The van der Waals surface area contributed by atoms with Gasteiger partial charge in [-0.25, -0.2) is 14.7 Å². The molecule has 6 amide bonds. The summed E-state index contributed by atoms with van der Waals surface area (Å²) in [5, 5.41) is 4.52. The third-order valence-electron chi connectivity index (χ3n) is 14.1. The largest absolute Gasteiger partial charge is 0.268 e. The Hall–Kier alpha value is -12.0. The molecule has 11 aromatic carbocycles. The number of carbonyl (C=O) groups is 6. The summed E-state index contributed by atoms with van der Waals surface area (Å²) >= 11 is 0. The predicted molar refractivity (Wildman–Crippen MR) is 324 cm³/mol. The maximum absolute atomic E-state index is 12.9. The molecular weight excluding hydrogens is 1030 g/mol. The summed E-state index contributed by atoms with van der Waals surface area (Å²) in [5.41, 5.74) is 8.98. The number of anilines is 3. The van der Waals surface area contributed by atoms with Crippen molar-refractivity contribution in [3.8, 4) is 35.5 Å². The molecule has 14 rings (SSSR count). The van der Waals surface area contributed by atoms with Gasteiger partial charge in [0.1, 0.15) is 0 Å². The first-order valence-corrected chi connectivity index (χ1v) is 26.5. The molecule has 0 saturated carbocycles. The molecule has 3 aliphatic heterocycles. The number of rotatable bonds is 3. The van der Waals surface area contributed by atoms with Gasteiger partial charge in [-0.15, -0.1) is 0 Å². The van der Waals surface area contributed by atoms with Gasteiger partial charge in [0.05, 0.1) is 50.4 Å². The van der Waals surface area contributed by atoms with Crippen LogP contribution in [0.25, 0.3) is 21.5 Å². The van der Waals surface area contributed by atoms with Crippen molar-refractivity contribution in [1.82, 2.24) is 0 Å². The molecule has 83 heavy (non-hydrogen) atoms. The van der Waals surface area contributed by atoms with Crippen LogP contribution in [-0.4, -0.2) is 35.4 Å². The van der Waals surface area contributed by atoms with Crippen molar-refractivity contribution in [2.75, 3.05) is 14.7 Å². The minimum atomic E-state index is -0.315. The van der Waals surface area contributed by atoms with Crippen molar-refractivity contribution in [3.05, 3.63) is 328 Å². The highest BCUT2D eigenvalue weighted by molar-refractivity contribution is 6.36. The third kappa shape index (κ3) is 10.6. The molecule has 0 unspecified atom stereocenters. The first kappa shape index (κ1) is 51.8. The lowest BCUT2D eigenvalue weighted by Crippen LogP contribution is -2.29. The molecule has 0 N–H and O–H groups in total. The average Bonchev–Trinajstić information content (AvgIpc) is 3.39. The second-order valence-electron chi connectivity index (χ2n) is 19.3. The molecule has 0 fully saturated rings. The van der Waals surface area contributed by atoms with Crippen LogP contribution in [0, 0.1) is 35.5 Å². The molecule has 9 nitrogen and oxygen atoms in total. The fourth-order valence-corrected chi connectivity index (χ4v) is 9.94. The summed E-state index contributed by atoms with van der Waals surface area (Å²) in [4.78, 5) is 80.0. The van der Waals surface area contributed by atoms with Gasteiger partial charge in [-0.2, -0.15) is 0 Å². The zero-order valence-electron chi connectivity index (χ0n) is 44.1. The van der Waals surface area contributed by atoms with Gasteiger partial charge in [0, 0.05) is 33.4 Å². The number of hydrogen-bond acceptors (Lipinski definition) is 6. The van der Waals surface area contributed by atoms with Crippen LogP contribution in [0.1, 0.15) is 95.5 Å². The Balaban J connectivity index is 0.000000123. The first-order chi connectivity index (χ1) is 40.7. The van der Waals surface area contributed by atoms with Crippen molar-refractivity contribution in [3.63, 3.8) is 0 Å². The van der Waals surface area contributed by atoms with E-state index < -0.39 is 0 Å². The van der Waals surface area contributed by atoms with Crippen LogP contribution in [0.3, 0.4) is 0 Å². The van der Waals surface area contributed by atoms with E-state index >= 15 is 0 Å². The van der Waals surface area contributed by atoms with Gasteiger partial charge < -0.3 is 0 Å². The molecule has 3 aliphatic rings. The summed E-state index contributed by atoms with van der Waals surface area (Å²) in [6.45, 7) is 0. The lowest BCUT2D eigenvalue weighted by atomic mass is 10.0. The van der Waals surface area contributed by atoms with Crippen LogP contribution < -0.4 is 14.7 Å². The number of amides is 6. The second kappa shape index (κ2) is 22.8. The SMILES string of the molecule is O=C1c2ccc(C#Cc3ccc4ccccc4c3)cc2C(=O)N1c1ccccc1.O=C1c2ccc(C#Cc3cccc4ccccc34)cc2C(=O)N1c1ccccc1.O=C1c2ccc(C#Cc3ccccc3)cc2C(=O)N1c1ccccc1. The molecule has 0 atom stereocenters. The van der Waals surface area contributed by atoms with E-state index in [2.05, 4.69) is 59.8 Å². The highest BCUT2D eigenvalue weighted by Crippen LogP contribution is 2.32. The lowest BCUT2D eigenvalue weighted by molar-refractivity contribution is 0.0910. The summed E-state index contributed by atoms with van der Waals surface area (Å²) < 4.78 is 0. The summed E-state index contributed by atoms with van der Waals surface area (Å²) in [5.74, 6) is 16.9. The first-order valence-electron chi connectivity index (χ1n) is 26.5. The molecule has 0 bridgehead atoms. The Morgan fingerprint density at radius 3 is 1.00 bits per heavy atom. The van der Waals surface area contributed by atoms with Gasteiger partial charge in [-0.05, 0) is 143 Å². The quantitative estimate of drug-likeness (QED) is 0.129. The van der Waals surface area contributed by atoms with E-state index in [9.17, 15) is 28.8 Å². The smallest absolute Gasteiger partial charge is 0.266 e. The Bertz CT molecular complexity index is 4650. The van der Waals surface area contributed by atoms with Crippen molar-refractivity contribution >= 4 is 74.1 Å². The molecule has 0 saturated heterocycles. The Labute approximate surface area is 478 Å². The predicted octanol–water partition coefficient (Wildman–Crippen LogP) is 14.0. The lowest BCUT2D eigenvalue weighted by Gasteiger charge is -2.13. The highest BCUT2D eigenvalue weighted by atomic mass is 16.2. The van der Waals surface area contributed by atoms with Crippen LogP contribution >= 0.6 is 0 Å². The minimum absolute atomic E-state index is 0.297. The van der Waals surface area contributed by atoms with Crippen molar-refractivity contribution < 1.29 is 28.8 Å². The second-order valence-corrected chi connectivity index (χ2v) is 19.3. The normalized spacial score (nSPS) is 12.6. The van der Waals surface area contributed by atoms with Crippen molar-refractivity contribution in [1.29, 1.82) is 0 Å². The monoisotopic (exact) mass is 1070 g/mol. The van der Waals surface area contributed by atoms with Gasteiger partial charge in [-0.1, -0.05) is 175 Å². The van der Waals surface area contributed by atoms with Crippen molar-refractivity contribution in [2.45, 2.75) is 0 Å². The number of nitrogens with zero attached hydrogens (tertiary/aromatic N) is 3. The van der Waals surface area contributed by atoms with E-state index in [0.29, 0.717) is 67.1 Å². The fourth-order valence-electron chi connectivity index (χ4n) is 9.94. The van der Waals surface area contributed by atoms with Crippen molar-refractivity contribution in [2.24, 2.45) is 0 Å². The molecule has 0 aliphatic carbocycles. The molecule has 3 heterocycles. The number of imide groups is 3. The zero-order valence-corrected chi connectivity index (χ0v) is 44.1. The van der Waals surface area contributed by atoms with E-state index in [1.165, 1.54) is 20.1 Å². The molecule has 0 aromatic heterocycles. The van der Waals surface area contributed by atoms with Crippen LogP contribution in [0.2, 0.25) is 0 Å². The number of para-hydroxylation sites is 3. The van der Waals surface area contributed by atoms with Gasteiger partial charge in [0.25, 0.3) is 35.4 Å². The molecule has 0 radical (unpaired) electrons. The van der Waals surface area contributed by atoms with E-state index in [4.69, 9.17) is 0 Å². The standard InChI is InChI=1S/2C26H15NO2.C22H13NO2/c28-25-23-16-14-18(13-15-20-9-6-8-19-7-4-5-12-22(19)20)17-24(23)26(29)27(25)21-10-2-1-3-11-21;28-25-23-15-13-19(11-10-18-12-14-20-6-4-5-7-21(20)16-18)17-24(23)26(29)27(25)22-8-2-1-3-9-22;24-21-19-14-13-17(12-11-16-7-3-1-4-8-16)15-20(19)22(25)23(21)18-9-5-2-6-10-18/h1-12,14,16-17H;1-9,12-17H;1-10,13-15H. The summed E-state index contributed by atoms with van der Waals surface area (Å²) in [6.07, 6.45) is 0. The minimum Gasteiger partial charge on any atom is -0.268 e. The highest BCUT2D eigenvalue weighted by Gasteiger charge is 2.39. The Morgan fingerprint density at radius 2 is 0.542 bits per heavy atom. The summed E-state index contributed by atoms with van der Waals surface area (Å²) in [7, 11) is 0. The topological polar surface area (TPSA) is 112 Å². The Kier molecular flexibility index (Phi) is 14.2. The molecular formula is C74H43N3O6. The number of benzene rings is 11. The van der Waals surface area contributed by atoms with Gasteiger partial charge in [0.15, 0.2) is 0 Å². The maximum Gasteiger partial charge on any atom is 0.266 e. The van der Waals surface area contributed by atoms with E-state index in [0.717, 1.165) is 32.8 Å². The third-order valence-corrected chi connectivity index (χ3v) is 14.1. The Morgan fingerprint density at radius 1 is 0.217 bits per heavy atom. The number of fused-ring (bicyclic) bond motifs is 5. The van der Waals surface area contributed by atoms with E-state index in [-0.39, 0.29) is 35.4 Å². The molecule has 9 heteroatoms. The van der Waals surface area contributed by atoms with Crippen LogP contribution in [0.5, 0.6) is 0 Å². The number of hydrogen-bond donors (Lipinski definition) is 0. The van der Waals surface area contributed by atoms with E-state index in [1.807, 2.05) is 109 Å². The van der Waals surface area contributed by atoms with Crippen LogP contribution in [-0.2, 0) is 0 Å². The molecule has 11 aromatic rings. The fraction of sp³-hybridized carbons (Fsp3) is 0. The van der Waals surface area contributed by atoms with Crippen LogP contribution in [0.15, 0.2) is 261 Å². The average molecular weight is 1070 g/mol. The van der Waals surface area contributed by atoms with Crippen LogP contribution in [0.4, 0.5) is 17.1 Å². The summed E-state index contributed by atoms with van der Waals surface area (Å²) in [6, 6.07) is 80.3. The zero-order chi connectivity index (χ0) is 56.8. The van der Waals surface area contributed by atoms with E-state index in [1.54, 1.807) is 127 Å². The maximum atomic E-state index is 12.9. The number of carbonyl (C=O) groups excluding carboxylic acids is 6. The van der Waals surface area contributed by atoms with Gasteiger partial charge >= 0.3 is 0 Å². The van der Waals surface area contributed by atoms with Gasteiger partial charge in [0.2, 0.25) is 0 Å².